The molecule has 0 aromatic carbocycles. The van der Waals surface area contributed by atoms with E-state index in [9.17, 15) is 10.1 Å². The van der Waals surface area contributed by atoms with Gasteiger partial charge in [0.2, 0.25) is 5.76 Å². The summed E-state index contributed by atoms with van der Waals surface area (Å²) >= 11 is 0. The molecule has 1 rings (SSSR count). The lowest BCUT2D eigenvalue weighted by molar-refractivity contribution is -0.387. The van der Waals surface area contributed by atoms with Gasteiger partial charge in [-0.15, -0.1) is 0 Å². The molecule has 0 radical (unpaired) electrons. The van der Waals surface area contributed by atoms with Gasteiger partial charge in [-0.3, -0.25) is 10.1 Å². The predicted molar refractivity (Wildman–Crippen MR) is 42.5 cm³/mol. The first-order valence-corrected chi connectivity index (χ1v) is 3.52. The van der Waals surface area contributed by atoms with Crippen molar-refractivity contribution in [1.29, 1.82) is 0 Å². The second-order valence-electron chi connectivity index (χ2n) is 2.25. The van der Waals surface area contributed by atoms with Crippen LogP contribution in [0.25, 0.3) is 0 Å². The molecular weight excluding hydrogens is 178 g/mol. The summed E-state index contributed by atoms with van der Waals surface area (Å²) in [7, 11) is 2.95. The summed E-state index contributed by atoms with van der Waals surface area (Å²) < 4.78 is 9.37. The van der Waals surface area contributed by atoms with Crippen molar-refractivity contribution >= 4 is 5.69 Å². The Hall–Kier alpha value is -1.63. The van der Waals surface area contributed by atoms with Crippen molar-refractivity contribution in [2.75, 3.05) is 14.2 Å². The molecule has 1 heterocycles. The minimum atomic E-state index is -0.581. The van der Waals surface area contributed by atoms with Crippen molar-refractivity contribution in [3.63, 3.8) is 0 Å². The van der Waals surface area contributed by atoms with E-state index in [4.69, 9.17) is 4.52 Å². The molecule has 0 unspecified atom stereocenters. The van der Waals surface area contributed by atoms with Gasteiger partial charge in [-0.05, 0) is 12.2 Å². The van der Waals surface area contributed by atoms with Crippen molar-refractivity contribution in [2.45, 2.75) is 6.54 Å². The number of nitrogens with one attached hydrogen (secondary N) is 1. The Kier molecular flexibility index (Phi) is 2.80. The third-order valence-electron chi connectivity index (χ3n) is 1.42. The lowest BCUT2D eigenvalue weighted by atomic mass is 10.4. The molecule has 0 fully saturated rings. The molecule has 7 heteroatoms. The van der Waals surface area contributed by atoms with E-state index < -0.39 is 4.92 Å². The van der Waals surface area contributed by atoms with E-state index in [-0.39, 0.29) is 23.9 Å². The van der Waals surface area contributed by atoms with E-state index in [1.54, 1.807) is 7.05 Å². The normalized spacial score (nSPS) is 10.0. The minimum Gasteiger partial charge on any atom is -0.474 e. The molecule has 72 valence electrons. The highest BCUT2D eigenvalue weighted by molar-refractivity contribution is 5.43. The van der Waals surface area contributed by atoms with Gasteiger partial charge < -0.3 is 14.6 Å². The average Bonchev–Trinajstić information content (AvgIpc) is 2.48. The largest absolute Gasteiger partial charge is 0.474 e. The molecule has 1 aromatic rings. The van der Waals surface area contributed by atoms with Crippen LogP contribution in [0.1, 0.15) is 5.76 Å². The number of nitro groups is 1. The molecule has 7 nitrogen and oxygen atoms in total. The van der Waals surface area contributed by atoms with Gasteiger partial charge in [0, 0.05) is 0 Å². The van der Waals surface area contributed by atoms with Crippen LogP contribution in [0.5, 0.6) is 5.88 Å². The number of aromatic nitrogens is 1. The van der Waals surface area contributed by atoms with Crippen molar-refractivity contribution < 1.29 is 14.2 Å². The van der Waals surface area contributed by atoms with Crippen LogP contribution in [0.3, 0.4) is 0 Å². The Morgan fingerprint density at radius 2 is 2.46 bits per heavy atom. The molecule has 0 saturated heterocycles. The molecule has 13 heavy (non-hydrogen) atoms. The minimum absolute atomic E-state index is 0.102. The number of nitrogens with zero attached hydrogens (tertiary/aromatic N) is 2. The second kappa shape index (κ2) is 3.85. The van der Waals surface area contributed by atoms with Crippen LogP contribution in [0.15, 0.2) is 4.52 Å². The van der Waals surface area contributed by atoms with E-state index in [1.807, 2.05) is 0 Å². The highest BCUT2D eigenvalue weighted by Gasteiger charge is 2.27. The van der Waals surface area contributed by atoms with Gasteiger partial charge in [-0.25, -0.2) is 0 Å². The zero-order valence-corrected chi connectivity index (χ0v) is 7.23. The Bertz CT molecular complexity index is 309. The van der Waals surface area contributed by atoms with Gasteiger partial charge in [0.05, 0.1) is 18.6 Å². The molecule has 1 aromatic heterocycles. The fourth-order valence-corrected chi connectivity index (χ4v) is 0.893. The highest BCUT2D eigenvalue weighted by Crippen LogP contribution is 2.29. The fourth-order valence-electron chi connectivity index (χ4n) is 0.893. The Morgan fingerprint density at radius 3 is 2.92 bits per heavy atom. The maximum Gasteiger partial charge on any atom is 0.375 e. The third-order valence-corrected chi connectivity index (χ3v) is 1.42. The summed E-state index contributed by atoms with van der Waals surface area (Å²) in [5, 5.41) is 16.7. The van der Waals surface area contributed by atoms with Crippen molar-refractivity contribution in [2.24, 2.45) is 0 Å². The van der Waals surface area contributed by atoms with Crippen molar-refractivity contribution in [1.82, 2.24) is 10.5 Å². The molecule has 0 saturated carbocycles. The van der Waals surface area contributed by atoms with E-state index in [2.05, 4.69) is 15.2 Å². The topological polar surface area (TPSA) is 90.4 Å². The molecule has 0 spiro atoms. The molecule has 0 aliphatic carbocycles. The maximum absolute atomic E-state index is 10.5. The first-order valence-electron chi connectivity index (χ1n) is 3.52. The summed E-state index contributed by atoms with van der Waals surface area (Å²) in [5.74, 6) is 0.0552. The van der Waals surface area contributed by atoms with Crippen LogP contribution in [0.4, 0.5) is 5.69 Å². The molecule has 0 aliphatic heterocycles. The molecular formula is C6H9N3O4. The fraction of sp³-hybridized carbons (Fsp3) is 0.500. The number of hydrogen-bond donors (Lipinski definition) is 1. The van der Waals surface area contributed by atoms with Gasteiger partial charge in [0.15, 0.2) is 0 Å². The van der Waals surface area contributed by atoms with Crippen LogP contribution in [-0.2, 0) is 6.54 Å². The van der Waals surface area contributed by atoms with E-state index in [0.29, 0.717) is 0 Å². The van der Waals surface area contributed by atoms with Gasteiger partial charge in [-0.1, -0.05) is 0 Å². The molecule has 0 atom stereocenters. The summed E-state index contributed by atoms with van der Waals surface area (Å²) in [6, 6.07) is 0. The quantitative estimate of drug-likeness (QED) is 0.538. The smallest absolute Gasteiger partial charge is 0.375 e. The lowest BCUT2D eigenvalue weighted by Crippen LogP contribution is -2.06. The number of rotatable bonds is 4. The van der Waals surface area contributed by atoms with Crippen LogP contribution < -0.4 is 10.1 Å². The second-order valence-corrected chi connectivity index (χ2v) is 2.25. The van der Waals surface area contributed by atoms with Crippen molar-refractivity contribution in [3.05, 3.63) is 15.9 Å². The van der Waals surface area contributed by atoms with Crippen molar-refractivity contribution in [3.8, 4) is 5.88 Å². The third kappa shape index (κ3) is 1.75. The Labute approximate surface area is 73.8 Å². The first-order chi connectivity index (χ1) is 6.20. The standard InChI is InChI=1S/C6H9N3O4/c1-7-3-4-5(9(10)11)6(12-2)8-13-4/h7H,3H2,1-2H3. The van der Waals surface area contributed by atoms with Gasteiger partial charge >= 0.3 is 11.6 Å². The zero-order valence-electron chi connectivity index (χ0n) is 7.23. The van der Waals surface area contributed by atoms with E-state index in [0.717, 1.165) is 0 Å². The number of methoxy groups -OCH3 is 1. The summed E-state index contributed by atoms with van der Waals surface area (Å²) in [5.41, 5.74) is -0.225. The van der Waals surface area contributed by atoms with Crippen LogP contribution in [0.2, 0.25) is 0 Å². The lowest BCUT2D eigenvalue weighted by Gasteiger charge is -1.93. The SMILES string of the molecule is CNCc1onc(OC)c1[N+](=O)[O-]. The van der Waals surface area contributed by atoms with Gasteiger partial charge in [0.25, 0.3) is 0 Å². The Balaban J connectivity index is 3.06. The maximum atomic E-state index is 10.5. The molecule has 0 aliphatic rings. The summed E-state index contributed by atoms with van der Waals surface area (Å²) in [4.78, 5) is 9.95. The van der Waals surface area contributed by atoms with E-state index >= 15 is 0 Å². The molecule has 1 N–H and O–H groups in total. The van der Waals surface area contributed by atoms with E-state index in [1.165, 1.54) is 7.11 Å². The highest BCUT2D eigenvalue weighted by atomic mass is 16.6. The summed E-state index contributed by atoms with van der Waals surface area (Å²) in [6.07, 6.45) is 0. The average molecular weight is 187 g/mol. The first kappa shape index (κ1) is 9.46. The van der Waals surface area contributed by atoms with Gasteiger partial charge in [-0.2, -0.15) is 0 Å². The Morgan fingerprint density at radius 1 is 1.77 bits per heavy atom. The zero-order chi connectivity index (χ0) is 9.84. The van der Waals surface area contributed by atoms with Gasteiger partial charge in [0.1, 0.15) is 0 Å². The van der Waals surface area contributed by atoms with Crippen LogP contribution >= 0.6 is 0 Å². The van der Waals surface area contributed by atoms with Crippen LogP contribution in [-0.4, -0.2) is 24.2 Å². The molecule has 0 bridgehead atoms. The monoisotopic (exact) mass is 187 g/mol. The predicted octanol–water partition coefficient (Wildman–Crippen LogP) is 0.311. The number of ether oxygens (including phenoxy) is 1. The van der Waals surface area contributed by atoms with Crippen LogP contribution in [0, 0.1) is 10.1 Å². The summed E-state index contributed by atoms with van der Waals surface area (Å²) in [6.45, 7) is 0.243. The molecule has 0 amide bonds. The number of hydrogen-bond acceptors (Lipinski definition) is 6.